The Hall–Kier alpha value is -0.950. The number of hydrogen-bond donors (Lipinski definition) is 1. The summed E-state index contributed by atoms with van der Waals surface area (Å²) >= 11 is 0. The van der Waals surface area contributed by atoms with Gasteiger partial charge in [-0.1, -0.05) is 5.16 Å². The lowest BCUT2D eigenvalue weighted by molar-refractivity contribution is 0.349. The highest BCUT2D eigenvalue weighted by Gasteiger charge is 2.30. The van der Waals surface area contributed by atoms with Crippen molar-refractivity contribution in [1.29, 1.82) is 0 Å². The van der Waals surface area contributed by atoms with Gasteiger partial charge in [-0.3, -0.25) is 0 Å². The summed E-state index contributed by atoms with van der Waals surface area (Å²) in [6.45, 7) is 1.56. The third kappa shape index (κ3) is 2.66. The van der Waals surface area contributed by atoms with Crippen molar-refractivity contribution in [1.82, 2.24) is 10.1 Å². The summed E-state index contributed by atoms with van der Waals surface area (Å²) in [6.07, 6.45) is 3.87. The van der Waals surface area contributed by atoms with Crippen LogP contribution < -0.4 is 5.73 Å². The Morgan fingerprint density at radius 2 is 2.18 bits per heavy atom. The molecule has 7 heteroatoms. The predicted octanol–water partition coefficient (Wildman–Crippen LogP) is 0.770. The normalized spacial score (nSPS) is 27.2. The smallest absolute Gasteiger partial charge is 0.229 e. The van der Waals surface area contributed by atoms with Gasteiger partial charge < -0.3 is 10.3 Å². The lowest BCUT2D eigenvalue weighted by Crippen LogP contribution is -2.14. The standard InChI is InChI=1S/C10H17N3O3S/c1-6(17(2,14)15)9-12-10(16-13-9)7-3-4-8(11)5-7/h6-8H,3-5,11H2,1-2H3/t6?,7-,8+/m1/s1. The predicted molar refractivity (Wildman–Crippen MR) is 62.1 cm³/mol. The topological polar surface area (TPSA) is 99.1 Å². The van der Waals surface area contributed by atoms with Crippen LogP contribution in [0.1, 0.15) is 49.1 Å². The van der Waals surface area contributed by atoms with Crippen LogP contribution in [0.3, 0.4) is 0 Å². The molecule has 3 atom stereocenters. The second-order valence-corrected chi connectivity index (χ2v) is 7.10. The van der Waals surface area contributed by atoms with Crippen molar-refractivity contribution in [3.8, 4) is 0 Å². The molecular formula is C10H17N3O3S. The molecule has 1 fully saturated rings. The molecule has 1 aliphatic carbocycles. The Morgan fingerprint density at radius 3 is 2.71 bits per heavy atom. The van der Waals surface area contributed by atoms with E-state index in [0.29, 0.717) is 5.89 Å². The first-order chi connectivity index (χ1) is 7.88. The maximum absolute atomic E-state index is 11.4. The van der Waals surface area contributed by atoms with Gasteiger partial charge in [0, 0.05) is 18.2 Å². The highest BCUT2D eigenvalue weighted by atomic mass is 32.2. The average molecular weight is 259 g/mol. The third-order valence-electron chi connectivity index (χ3n) is 3.29. The zero-order valence-electron chi connectivity index (χ0n) is 9.96. The molecule has 1 aromatic rings. The first-order valence-corrected chi connectivity index (χ1v) is 7.61. The monoisotopic (exact) mass is 259 g/mol. The minimum absolute atomic E-state index is 0.179. The van der Waals surface area contributed by atoms with Gasteiger partial charge in [0.1, 0.15) is 5.25 Å². The highest BCUT2D eigenvalue weighted by Crippen LogP contribution is 2.33. The molecule has 0 spiro atoms. The minimum Gasteiger partial charge on any atom is -0.339 e. The summed E-state index contributed by atoms with van der Waals surface area (Å²) in [6, 6.07) is 0.183. The van der Waals surface area contributed by atoms with Crippen molar-refractivity contribution >= 4 is 9.84 Å². The summed E-state index contributed by atoms with van der Waals surface area (Å²) in [5.41, 5.74) is 5.81. The second-order valence-electron chi connectivity index (χ2n) is 4.73. The number of hydrogen-bond acceptors (Lipinski definition) is 6. The molecule has 1 heterocycles. The Balaban J connectivity index is 2.16. The van der Waals surface area contributed by atoms with Gasteiger partial charge in [-0.2, -0.15) is 4.98 Å². The van der Waals surface area contributed by atoms with Gasteiger partial charge in [0.25, 0.3) is 0 Å². The molecule has 0 saturated heterocycles. The highest BCUT2D eigenvalue weighted by molar-refractivity contribution is 7.90. The van der Waals surface area contributed by atoms with Crippen molar-refractivity contribution in [2.45, 2.75) is 43.4 Å². The van der Waals surface area contributed by atoms with E-state index in [1.54, 1.807) is 6.92 Å². The van der Waals surface area contributed by atoms with E-state index in [4.69, 9.17) is 10.3 Å². The van der Waals surface area contributed by atoms with E-state index in [1.807, 2.05) is 0 Å². The third-order valence-corrected chi connectivity index (χ3v) is 4.78. The van der Waals surface area contributed by atoms with E-state index in [9.17, 15) is 8.42 Å². The van der Waals surface area contributed by atoms with E-state index in [0.717, 1.165) is 19.3 Å². The molecule has 1 aliphatic rings. The van der Waals surface area contributed by atoms with Crippen molar-refractivity contribution in [2.24, 2.45) is 5.73 Å². The zero-order chi connectivity index (χ0) is 12.6. The number of sulfone groups is 1. The van der Waals surface area contributed by atoms with E-state index in [-0.39, 0.29) is 17.8 Å². The number of rotatable bonds is 3. The molecule has 0 bridgehead atoms. The van der Waals surface area contributed by atoms with Crippen molar-refractivity contribution in [3.05, 3.63) is 11.7 Å². The summed E-state index contributed by atoms with van der Waals surface area (Å²) in [5.74, 6) is 0.935. The largest absolute Gasteiger partial charge is 0.339 e. The van der Waals surface area contributed by atoms with Crippen LogP contribution in [0.5, 0.6) is 0 Å². The van der Waals surface area contributed by atoms with Crippen LogP contribution in [0.25, 0.3) is 0 Å². The summed E-state index contributed by atoms with van der Waals surface area (Å²) in [7, 11) is -3.19. The van der Waals surface area contributed by atoms with Gasteiger partial charge in [0.15, 0.2) is 15.7 Å². The fourth-order valence-electron chi connectivity index (χ4n) is 2.01. The molecule has 0 aliphatic heterocycles. The lowest BCUT2D eigenvalue weighted by atomic mass is 10.1. The quantitative estimate of drug-likeness (QED) is 0.860. The van der Waals surface area contributed by atoms with Crippen molar-refractivity contribution < 1.29 is 12.9 Å². The van der Waals surface area contributed by atoms with Crippen LogP contribution in [0.2, 0.25) is 0 Å². The molecule has 1 aromatic heterocycles. The van der Waals surface area contributed by atoms with Crippen molar-refractivity contribution in [3.63, 3.8) is 0 Å². The van der Waals surface area contributed by atoms with Gasteiger partial charge in [0.05, 0.1) is 0 Å². The fraction of sp³-hybridized carbons (Fsp3) is 0.800. The van der Waals surface area contributed by atoms with Gasteiger partial charge in [-0.05, 0) is 26.2 Å². The Kier molecular flexibility index (Phi) is 3.22. The summed E-state index contributed by atoms with van der Waals surface area (Å²) < 4.78 is 27.9. The number of nitrogens with zero attached hydrogens (tertiary/aromatic N) is 2. The summed E-state index contributed by atoms with van der Waals surface area (Å²) in [4.78, 5) is 4.18. The molecule has 17 heavy (non-hydrogen) atoms. The molecule has 0 radical (unpaired) electrons. The van der Waals surface area contributed by atoms with Crippen LogP contribution >= 0.6 is 0 Å². The SMILES string of the molecule is CC(c1noc([C@@H]2CC[C@H](N)C2)n1)S(C)(=O)=O. The van der Waals surface area contributed by atoms with E-state index in [1.165, 1.54) is 6.26 Å². The van der Waals surface area contributed by atoms with Crippen LogP contribution in [-0.2, 0) is 9.84 Å². The van der Waals surface area contributed by atoms with Gasteiger partial charge >= 0.3 is 0 Å². The molecule has 2 rings (SSSR count). The molecule has 6 nitrogen and oxygen atoms in total. The number of nitrogens with two attached hydrogens (primary N) is 1. The van der Waals surface area contributed by atoms with Crippen LogP contribution in [-0.4, -0.2) is 30.9 Å². The Labute approximate surface area is 100 Å². The fourth-order valence-corrected chi connectivity index (χ4v) is 2.49. The Bertz CT molecular complexity index is 497. The Morgan fingerprint density at radius 1 is 1.47 bits per heavy atom. The van der Waals surface area contributed by atoms with E-state index < -0.39 is 15.1 Å². The van der Waals surface area contributed by atoms with Crippen LogP contribution in [0.15, 0.2) is 4.52 Å². The van der Waals surface area contributed by atoms with E-state index in [2.05, 4.69) is 10.1 Å². The first-order valence-electron chi connectivity index (χ1n) is 5.66. The maximum Gasteiger partial charge on any atom is 0.229 e. The van der Waals surface area contributed by atoms with Gasteiger partial charge in [0.2, 0.25) is 5.89 Å². The molecule has 0 amide bonds. The lowest BCUT2D eigenvalue weighted by Gasteiger charge is -2.03. The van der Waals surface area contributed by atoms with Crippen molar-refractivity contribution in [2.75, 3.05) is 6.26 Å². The van der Waals surface area contributed by atoms with E-state index >= 15 is 0 Å². The molecule has 1 unspecified atom stereocenters. The number of aromatic nitrogens is 2. The maximum atomic E-state index is 11.4. The molecular weight excluding hydrogens is 242 g/mol. The first kappa shape index (κ1) is 12.5. The minimum atomic E-state index is -3.19. The molecule has 0 aromatic carbocycles. The summed E-state index contributed by atoms with van der Waals surface area (Å²) in [5, 5.41) is 3.02. The molecule has 1 saturated carbocycles. The zero-order valence-corrected chi connectivity index (χ0v) is 10.8. The average Bonchev–Trinajstić information content (AvgIpc) is 2.83. The second kappa shape index (κ2) is 4.38. The van der Waals surface area contributed by atoms with Gasteiger partial charge in [-0.15, -0.1) is 0 Å². The molecule has 96 valence electrons. The molecule has 2 N–H and O–H groups in total. The van der Waals surface area contributed by atoms with Crippen LogP contribution in [0.4, 0.5) is 0 Å². The van der Waals surface area contributed by atoms with Crippen LogP contribution in [0, 0.1) is 0 Å². The van der Waals surface area contributed by atoms with Gasteiger partial charge in [-0.25, -0.2) is 8.42 Å².